The number of hydrogen-bond acceptors (Lipinski definition) is 2. The maximum atomic E-state index is 10.7. The molecular weight excluding hydrogens is 152 g/mol. The number of hydrogen-bond donors (Lipinski definition) is 0. The molecule has 0 aromatic heterocycles. The van der Waals surface area contributed by atoms with Crippen LogP contribution in [0.1, 0.15) is 32.6 Å². The molecule has 2 nitrogen and oxygen atoms in total. The van der Waals surface area contributed by atoms with Crippen LogP contribution in [0.2, 0.25) is 0 Å². The summed E-state index contributed by atoms with van der Waals surface area (Å²) in [7, 11) is 0. The van der Waals surface area contributed by atoms with Gasteiger partial charge in [-0.3, -0.25) is 4.79 Å². The maximum absolute atomic E-state index is 10.7. The largest absolute Gasteiger partial charge is 0.462 e. The van der Waals surface area contributed by atoms with Crippen LogP contribution in [0.4, 0.5) is 0 Å². The van der Waals surface area contributed by atoms with Crippen molar-refractivity contribution in [3.05, 3.63) is 12.7 Å². The van der Waals surface area contributed by atoms with Crippen molar-refractivity contribution in [2.75, 3.05) is 0 Å². The van der Waals surface area contributed by atoms with Crippen LogP contribution in [-0.2, 0) is 9.53 Å². The fourth-order valence-corrected chi connectivity index (χ4v) is 1.85. The Morgan fingerprint density at radius 1 is 1.67 bits per heavy atom. The first-order valence-corrected chi connectivity index (χ1v) is 4.52. The molecule has 1 aliphatic rings. The zero-order valence-electron chi connectivity index (χ0n) is 7.58. The number of carbonyl (C=O) groups excluding carboxylic acids is 1. The summed E-state index contributed by atoms with van der Waals surface area (Å²) >= 11 is 0. The van der Waals surface area contributed by atoms with Crippen molar-refractivity contribution in [2.24, 2.45) is 5.92 Å². The van der Waals surface area contributed by atoms with E-state index in [0.717, 1.165) is 12.8 Å². The van der Waals surface area contributed by atoms with Gasteiger partial charge in [0.15, 0.2) is 0 Å². The van der Waals surface area contributed by atoms with E-state index < -0.39 is 0 Å². The Balaban J connectivity index is 2.40. The minimum atomic E-state index is -0.157. The van der Waals surface area contributed by atoms with E-state index >= 15 is 0 Å². The predicted molar refractivity (Wildman–Crippen MR) is 47.7 cm³/mol. The van der Waals surface area contributed by atoms with Gasteiger partial charge in [-0.05, 0) is 31.6 Å². The average molecular weight is 168 g/mol. The molecule has 0 amide bonds. The summed E-state index contributed by atoms with van der Waals surface area (Å²) in [6, 6.07) is 0. The van der Waals surface area contributed by atoms with Crippen molar-refractivity contribution >= 4 is 5.97 Å². The summed E-state index contributed by atoms with van der Waals surface area (Å²) in [6.07, 6.45) is 6.41. The first-order chi connectivity index (χ1) is 5.74. The van der Waals surface area contributed by atoms with Crippen molar-refractivity contribution in [3.63, 3.8) is 0 Å². The molecule has 1 fully saturated rings. The summed E-state index contributed by atoms with van der Waals surface area (Å²) in [5, 5.41) is 0. The fourth-order valence-electron chi connectivity index (χ4n) is 1.85. The van der Waals surface area contributed by atoms with Gasteiger partial charge in [0.1, 0.15) is 6.10 Å². The predicted octanol–water partition coefficient (Wildman–Crippen LogP) is 2.29. The van der Waals surface area contributed by atoms with Crippen LogP contribution in [0.25, 0.3) is 0 Å². The second-order valence-electron chi connectivity index (χ2n) is 3.36. The fraction of sp³-hybridized carbons (Fsp3) is 0.700. The molecule has 0 heterocycles. The Morgan fingerprint density at radius 3 is 3.00 bits per heavy atom. The normalized spacial score (nSPS) is 28.4. The van der Waals surface area contributed by atoms with Gasteiger partial charge in [-0.1, -0.05) is 6.08 Å². The minimum Gasteiger partial charge on any atom is -0.462 e. The topological polar surface area (TPSA) is 26.3 Å². The molecule has 0 unspecified atom stereocenters. The molecule has 2 atom stereocenters. The summed E-state index contributed by atoms with van der Waals surface area (Å²) in [4.78, 5) is 10.7. The highest BCUT2D eigenvalue weighted by molar-refractivity contribution is 5.66. The Morgan fingerprint density at radius 2 is 2.42 bits per heavy atom. The van der Waals surface area contributed by atoms with E-state index in [1.807, 2.05) is 6.08 Å². The third-order valence-corrected chi connectivity index (χ3v) is 2.38. The molecular formula is C10H16O2. The van der Waals surface area contributed by atoms with Crippen LogP contribution in [0.3, 0.4) is 0 Å². The Bertz CT molecular complexity index is 175. The van der Waals surface area contributed by atoms with Crippen LogP contribution >= 0.6 is 0 Å². The van der Waals surface area contributed by atoms with E-state index in [4.69, 9.17) is 4.74 Å². The number of allylic oxidation sites excluding steroid dienone is 1. The Kier molecular flexibility index (Phi) is 3.32. The standard InChI is InChI=1S/C10H16O2/c1-3-5-9-6-4-7-10(9)12-8(2)11/h3,9-10H,1,4-7H2,2H3/t9-,10-/m1/s1. The minimum absolute atomic E-state index is 0.153. The Hall–Kier alpha value is -0.790. The quantitative estimate of drug-likeness (QED) is 0.477. The molecule has 0 aromatic carbocycles. The second kappa shape index (κ2) is 4.29. The van der Waals surface area contributed by atoms with Crippen LogP contribution < -0.4 is 0 Å². The van der Waals surface area contributed by atoms with E-state index in [-0.39, 0.29) is 12.1 Å². The van der Waals surface area contributed by atoms with Crippen LogP contribution in [0, 0.1) is 5.92 Å². The van der Waals surface area contributed by atoms with E-state index in [1.165, 1.54) is 19.8 Å². The summed E-state index contributed by atoms with van der Waals surface area (Å²) < 4.78 is 5.19. The van der Waals surface area contributed by atoms with Gasteiger partial charge in [0.2, 0.25) is 0 Å². The molecule has 0 bridgehead atoms. The molecule has 2 heteroatoms. The maximum Gasteiger partial charge on any atom is 0.302 e. The van der Waals surface area contributed by atoms with Gasteiger partial charge in [-0.15, -0.1) is 6.58 Å². The zero-order chi connectivity index (χ0) is 8.97. The van der Waals surface area contributed by atoms with Crippen LogP contribution in [0.15, 0.2) is 12.7 Å². The van der Waals surface area contributed by atoms with Gasteiger partial charge in [-0.2, -0.15) is 0 Å². The molecule has 1 saturated carbocycles. The summed E-state index contributed by atoms with van der Waals surface area (Å²) in [5.74, 6) is 0.363. The van der Waals surface area contributed by atoms with E-state index in [1.54, 1.807) is 0 Å². The van der Waals surface area contributed by atoms with Gasteiger partial charge in [0, 0.05) is 6.92 Å². The number of esters is 1. The van der Waals surface area contributed by atoms with E-state index in [9.17, 15) is 4.79 Å². The first-order valence-electron chi connectivity index (χ1n) is 4.52. The lowest BCUT2D eigenvalue weighted by Crippen LogP contribution is -2.20. The van der Waals surface area contributed by atoms with Gasteiger partial charge in [-0.25, -0.2) is 0 Å². The number of rotatable bonds is 3. The molecule has 0 saturated heterocycles. The van der Waals surface area contributed by atoms with Crippen molar-refractivity contribution in [2.45, 2.75) is 38.7 Å². The monoisotopic (exact) mass is 168 g/mol. The first kappa shape index (κ1) is 9.30. The van der Waals surface area contributed by atoms with Crippen molar-refractivity contribution in [1.82, 2.24) is 0 Å². The van der Waals surface area contributed by atoms with Crippen LogP contribution in [-0.4, -0.2) is 12.1 Å². The van der Waals surface area contributed by atoms with Crippen molar-refractivity contribution in [1.29, 1.82) is 0 Å². The molecule has 1 rings (SSSR count). The van der Waals surface area contributed by atoms with Gasteiger partial charge < -0.3 is 4.74 Å². The number of carbonyl (C=O) groups is 1. The van der Waals surface area contributed by atoms with Crippen molar-refractivity contribution < 1.29 is 9.53 Å². The molecule has 0 radical (unpaired) electrons. The van der Waals surface area contributed by atoms with Gasteiger partial charge in [0.25, 0.3) is 0 Å². The lowest BCUT2D eigenvalue weighted by molar-refractivity contribution is -0.147. The lowest BCUT2D eigenvalue weighted by atomic mass is 10.0. The third-order valence-electron chi connectivity index (χ3n) is 2.38. The van der Waals surface area contributed by atoms with E-state index in [2.05, 4.69) is 6.58 Å². The summed E-state index contributed by atoms with van der Waals surface area (Å²) in [5.41, 5.74) is 0. The molecule has 1 aliphatic carbocycles. The van der Waals surface area contributed by atoms with Crippen LogP contribution in [0.5, 0.6) is 0 Å². The highest BCUT2D eigenvalue weighted by atomic mass is 16.5. The zero-order valence-corrected chi connectivity index (χ0v) is 7.58. The Labute approximate surface area is 73.6 Å². The summed E-state index contributed by atoms with van der Waals surface area (Å²) in [6.45, 7) is 5.17. The lowest BCUT2D eigenvalue weighted by Gasteiger charge is -2.17. The molecule has 12 heavy (non-hydrogen) atoms. The molecule has 0 N–H and O–H groups in total. The number of ether oxygens (including phenoxy) is 1. The molecule has 68 valence electrons. The highest BCUT2D eigenvalue weighted by Crippen LogP contribution is 2.30. The molecule has 0 aliphatic heterocycles. The SMILES string of the molecule is C=CC[C@@H]1CCC[C@H]1OC(C)=O. The van der Waals surface area contributed by atoms with Gasteiger partial charge in [0.05, 0.1) is 0 Å². The highest BCUT2D eigenvalue weighted by Gasteiger charge is 2.28. The van der Waals surface area contributed by atoms with E-state index in [0.29, 0.717) is 5.92 Å². The molecule has 0 spiro atoms. The van der Waals surface area contributed by atoms with Gasteiger partial charge >= 0.3 is 5.97 Å². The average Bonchev–Trinajstić information content (AvgIpc) is 2.37. The second-order valence-corrected chi connectivity index (χ2v) is 3.36. The van der Waals surface area contributed by atoms with Crippen molar-refractivity contribution in [3.8, 4) is 0 Å². The smallest absolute Gasteiger partial charge is 0.302 e. The molecule has 0 aromatic rings. The third kappa shape index (κ3) is 2.36.